The van der Waals surface area contributed by atoms with Crippen molar-refractivity contribution in [3.8, 4) is 5.75 Å². The third-order valence-corrected chi connectivity index (χ3v) is 4.45. The minimum absolute atomic E-state index is 0.0286. The zero-order chi connectivity index (χ0) is 22.2. The molecule has 0 radical (unpaired) electrons. The molecule has 0 aromatic heterocycles. The van der Waals surface area contributed by atoms with Crippen LogP contribution in [0, 0.1) is 6.92 Å². The maximum atomic E-state index is 12.6. The molecule has 0 atom stereocenters. The standard InChI is InChI=1S/C24H22N2O5/c1-16-11-12-19(21(27)13-16)24(30)31-15-22(28)26-20-10-6-5-9-18(20)23(29)25-14-17-7-3-2-4-8-17/h2-13,27H,14-15H2,1H3,(H,25,29)(H,26,28). The Labute approximate surface area is 179 Å². The van der Waals surface area contributed by atoms with Crippen molar-refractivity contribution in [1.82, 2.24) is 5.32 Å². The lowest BCUT2D eigenvalue weighted by Gasteiger charge is -2.12. The van der Waals surface area contributed by atoms with Gasteiger partial charge in [-0.2, -0.15) is 0 Å². The summed E-state index contributed by atoms with van der Waals surface area (Å²) in [6.45, 7) is 1.56. The fraction of sp³-hybridized carbons (Fsp3) is 0.125. The van der Waals surface area contributed by atoms with Crippen molar-refractivity contribution in [2.45, 2.75) is 13.5 Å². The molecule has 158 valence electrons. The number of anilines is 1. The Morgan fingerprint density at radius 1 is 0.903 bits per heavy atom. The molecule has 0 fully saturated rings. The van der Waals surface area contributed by atoms with Crippen molar-refractivity contribution in [2.75, 3.05) is 11.9 Å². The first kappa shape index (κ1) is 21.6. The van der Waals surface area contributed by atoms with E-state index in [0.717, 1.165) is 11.1 Å². The van der Waals surface area contributed by atoms with Gasteiger partial charge in [-0.1, -0.05) is 48.5 Å². The van der Waals surface area contributed by atoms with Gasteiger partial charge in [0, 0.05) is 6.54 Å². The largest absolute Gasteiger partial charge is 0.507 e. The molecule has 0 saturated heterocycles. The number of rotatable bonds is 7. The number of phenolic OH excluding ortho intramolecular Hbond substituents is 1. The maximum Gasteiger partial charge on any atom is 0.342 e. The van der Waals surface area contributed by atoms with Crippen LogP contribution in [0.2, 0.25) is 0 Å². The van der Waals surface area contributed by atoms with Crippen LogP contribution in [0.1, 0.15) is 31.8 Å². The highest BCUT2D eigenvalue weighted by molar-refractivity contribution is 6.04. The summed E-state index contributed by atoms with van der Waals surface area (Å²) < 4.78 is 4.98. The Morgan fingerprint density at radius 2 is 1.61 bits per heavy atom. The predicted molar refractivity (Wildman–Crippen MR) is 116 cm³/mol. The van der Waals surface area contributed by atoms with Crippen molar-refractivity contribution >= 4 is 23.5 Å². The molecule has 7 heteroatoms. The number of phenols is 1. The van der Waals surface area contributed by atoms with Crippen LogP contribution in [0.4, 0.5) is 5.69 Å². The van der Waals surface area contributed by atoms with Crippen LogP contribution in [0.5, 0.6) is 5.75 Å². The number of hydrogen-bond acceptors (Lipinski definition) is 5. The normalized spacial score (nSPS) is 10.2. The molecular formula is C24H22N2O5. The molecule has 0 aliphatic rings. The molecule has 3 aromatic rings. The van der Waals surface area contributed by atoms with E-state index in [0.29, 0.717) is 12.2 Å². The van der Waals surface area contributed by atoms with Crippen LogP contribution in [0.15, 0.2) is 72.8 Å². The number of hydrogen-bond donors (Lipinski definition) is 3. The Morgan fingerprint density at radius 3 is 2.35 bits per heavy atom. The molecule has 0 aliphatic heterocycles. The number of esters is 1. The van der Waals surface area contributed by atoms with E-state index < -0.39 is 18.5 Å². The number of para-hydroxylation sites is 1. The quantitative estimate of drug-likeness (QED) is 0.510. The smallest absolute Gasteiger partial charge is 0.342 e. The summed E-state index contributed by atoms with van der Waals surface area (Å²) in [5, 5.41) is 15.2. The highest BCUT2D eigenvalue weighted by atomic mass is 16.5. The van der Waals surface area contributed by atoms with Crippen LogP contribution in [-0.2, 0) is 16.1 Å². The average Bonchev–Trinajstić information content (AvgIpc) is 2.77. The average molecular weight is 418 g/mol. The third-order valence-electron chi connectivity index (χ3n) is 4.45. The Kier molecular flexibility index (Phi) is 7.01. The molecular weight excluding hydrogens is 396 g/mol. The molecule has 0 unspecified atom stereocenters. The number of aromatic hydroxyl groups is 1. The van der Waals surface area contributed by atoms with E-state index in [1.165, 1.54) is 12.1 Å². The number of carbonyl (C=O) groups excluding carboxylic acids is 3. The van der Waals surface area contributed by atoms with Gasteiger partial charge in [0.2, 0.25) is 0 Å². The third kappa shape index (κ3) is 5.93. The van der Waals surface area contributed by atoms with E-state index in [1.54, 1.807) is 37.3 Å². The number of carbonyl (C=O) groups is 3. The monoisotopic (exact) mass is 418 g/mol. The minimum Gasteiger partial charge on any atom is -0.507 e. The molecule has 0 aliphatic carbocycles. The maximum absolute atomic E-state index is 12.6. The molecule has 7 nitrogen and oxygen atoms in total. The lowest BCUT2D eigenvalue weighted by molar-refractivity contribution is -0.119. The van der Waals surface area contributed by atoms with E-state index in [-0.39, 0.29) is 22.8 Å². The van der Waals surface area contributed by atoms with Gasteiger partial charge in [-0.05, 0) is 42.3 Å². The fourth-order valence-electron chi connectivity index (χ4n) is 2.87. The molecule has 0 bridgehead atoms. The highest BCUT2D eigenvalue weighted by Gasteiger charge is 2.16. The van der Waals surface area contributed by atoms with Gasteiger partial charge in [0.25, 0.3) is 11.8 Å². The molecule has 2 amide bonds. The van der Waals surface area contributed by atoms with Crippen LogP contribution in [0.25, 0.3) is 0 Å². The van der Waals surface area contributed by atoms with Gasteiger partial charge in [-0.3, -0.25) is 9.59 Å². The van der Waals surface area contributed by atoms with E-state index >= 15 is 0 Å². The first-order valence-corrected chi connectivity index (χ1v) is 9.62. The second-order valence-electron chi connectivity index (χ2n) is 6.86. The number of ether oxygens (including phenoxy) is 1. The summed E-state index contributed by atoms with van der Waals surface area (Å²) in [5.74, 6) is -1.99. The molecule has 31 heavy (non-hydrogen) atoms. The summed E-state index contributed by atoms with van der Waals surface area (Å²) in [5.41, 5.74) is 2.29. The number of benzene rings is 3. The molecule has 0 spiro atoms. The van der Waals surface area contributed by atoms with Crippen molar-refractivity contribution in [2.24, 2.45) is 0 Å². The zero-order valence-electron chi connectivity index (χ0n) is 16.9. The van der Waals surface area contributed by atoms with Crippen LogP contribution < -0.4 is 10.6 Å². The Hall–Kier alpha value is -4.13. The van der Waals surface area contributed by atoms with Crippen LogP contribution in [0.3, 0.4) is 0 Å². The number of nitrogens with one attached hydrogen (secondary N) is 2. The van der Waals surface area contributed by atoms with Gasteiger partial charge >= 0.3 is 5.97 Å². The van der Waals surface area contributed by atoms with Gasteiger partial charge < -0.3 is 20.5 Å². The second kappa shape index (κ2) is 10.1. The zero-order valence-corrected chi connectivity index (χ0v) is 16.9. The fourth-order valence-corrected chi connectivity index (χ4v) is 2.87. The predicted octanol–water partition coefficient (Wildman–Crippen LogP) is 3.43. The molecule has 0 heterocycles. The molecule has 0 saturated carbocycles. The van der Waals surface area contributed by atoms with Gasteiger partial charge in [0.1, 0.15) is 11.3 Å². The van der Waals surface area contributed by atoms with E-state index in [2.05, 4.69) is 10.6 Å². The molecule has 3 N–H and O–H groups in total. The van der Waals surface area contributed by atoms with Crippen molar-refractivity contribution in [1.29, 1.82) is 0 Å². The first-order chi connectivity index (χ1) is 14.9. The molecule has 3 aromatic carbocycles. The SMILES string of the molecule is Cc1ccc(C(=O)OCC(=O)Nc2ccccc2C(=O)NCc2ccccc2)c(O)c1. The number of amides is 2. The summed E-state index contributed by atoms with van der Waals surface area (Å²) >= 11 is 0. The molecule has 3 rings (SSSR count). The summed E-state index contributed by atoms with van der Waals surface area (Å²) in [6, 6.07) is 20.5. The summed E-state index contributed by atoms with van der Waals surface area (Å²) in [6.07, 6.45) is 0. The van der Waals surface area contributed by atoms with Crippen molar-refractivity contribution in [3.63, 3.8) is 0 Å². The van der Waals surface area contributed by atoms with Gasteiger partial charge in [0.15, 0.2) is 6.61 Å². The summed E-state index contributed by atoms with van der Waals surface area (Å²) in [7, 11) is 0. The Balaban J connectivity index is 1.58. The van der Waals surface area contributed by atoms with E-state index in [9.17, 15) is 19.5 Å². The minimum atomic E-state index is -0.818. The van der Waals surface area contributed by atoms with Crippen LogP contribution >= 0.6 is 0 Å². The number of aryl methyl sites for hydroxylation is 1. The Bertz CT molecular complexity index is 1100. The van der Waals surface area contributed by atoms with Crippen LogP contribution in [-0.4, -0.2) is 29.5 Å². The van der Waals surface area contributed by atoms with Crippen molar-refractivity contribution < 1.29 is 24.2 Å². The summed E-state index contributed by atoms with van der Waals surface area (Å²) in [4.78, 5) is 36.9. The topological polar surface area (TPSA) is 105 Å². The van der Waals surface area contributed by atoms with Gasteiger partial charge in [-0.15, -0.1) is 0 Å². The lowest BCUT2D eigenvalue weighted by atomic mass is 10.1. The first-order valence-electron chi connectivity index (χ1n) is 9.62. The lowest BCUT2D eigenvalue weighted by Crippen LogP contribution is -2.26. The van der Waals surface area contributed by atoms with E-state index in [4.69, 9.17) is 4.74 Å². The van der Waals surface area contributed by atoms with Gasteiger partial charge in [0.05, 0.1) is 11.3 Å². The van der Waals surface area contributed by atoms with Crippen molar-refractivity contribution in [3.05, 3.63) is 95.1 Å². The highest BCUT2D eigenvalue weighted by Crippen LogP contribution is 2.19. The van der Waals surface area contributed by atoms with Gasteiger partial charge in [-0.25, -0.2) is 4.79 Å². The second-order valence-corrected chi connectivity index (χ2v) is 6.86. The van der Waals surface area contributed by atoms with E-state index in [1.807, 2.05) is 30.3 Å².